The summed E-state index contributed by atoms with van der Waals surface area (Å²) in [7, 11) is 0. The van der Waals surface area contributed by atoms with Crippen LogP contribution >= 0.6 is 48.0 Å². The highest BCUT2D eigenvalue weighted by atomic mass is 35.5. The number of piperazine rings is 1. The van der Waals surface area contributed by atoms with Gasteiger partial charge in [0.1, 0.15) is 23.4 Å². The molecule has 2 aliphatic heterocycles. The Kier molecular flexibility index (Phi) is 10.8. The molecular formula is C29H33Cl4N7O2. The highest BCUT2D eigenvalue weighted by Crippen LogP contribution is 2.35. The van der Waals surface area contributed by atoms with Gasteiger partial charge in [-0.2, -0.15) is 5.10 Å². The predicted octanol–water partition coefficient (Wildman–Crippen LogP) is 5.96. The first kappa shape index (κ1) is 32.1. The Morgan fingerprint density at radius 3 is 2.38 bits per heavy atom. The number of hydrogen-bond acceptors (Lipinski definition) is 7. The molecule has 0 unspecified atom stereocenters. The van der Waals surface area contributed by atoms with E-state index in [1.807, 2.05) is 48.4 Å². The van der Waals surface area contributed by atoms with E-state index in [0.717, 1.165) is 80.1 Å². The summed E-state index contributed by atoms with van der Waals surface area (Å²) in [4.78, 5) is 25.9. The van der Waals surface area contributed by atoms with Crippen molar-refractivity contribution in [3.05, 3.63) is 64.5 Å². The Bertz CT molecular complexity index is 1480. The molecule has 5 heterocycles. The molecule has 0 aliphatic carbocycles. The van der Waals surface area contributed by atoms with Crippen molar-refractivity contribution in [1.29, 1.82) is 0 Å². The Balaban J connectivity index is 0.00000202. The highest BCUT2D eigenvalue weighted by Gasteiger charge is 2.28. The monoisotopic (exact) mass is 651 g/mol. The number of H-pyrrole nitrogens is 1. The van der Waals surface area contributed by atoms with Gasteiger partial charge in [-0.15, -0.1) is 24.8 Å². The SMILES string of the molecule is C[C@@H](Oc1ccc2[nH]nc(-c3ccc(N4CCN(C(=O)C5CCNCC5)CC4)nc3)c2c1)c1c(Cl)cncc1Cl.Cl.Cl. The number of fused-ring (bicyclic) bond motifs is 1. The van der Waals surface area contributed by atoms with E-state index < -0.39 is 0 Å². The molecule has 0 spiro atoms. The standard InChI is InChI=1S/C29H31Cl2N7O2.2ClH/c1-18(27-23(30)16-33-17-24(27)31)40-21-3-4-25-22(14-21)28(36-35-25)20-2-5-26(34-15-20)37-10-12-38(13-11-37)29(39)19-6-8-32-9-7-19;;/h2-5,14-19,32H,6-13H2,1H3,(H,35,36);2*1H/t18-;;/m1../s1. The molecule has 2 saturated heterocycles. The van der Waals surface area contributed by atoms with Gasteiger partial charge in [0.05, 0.1) is 15.6 Å². The first-order valence-electron chi connectivity index (χ1n) is 13.6. The Labute approximate surface area is 267 Å². The molecule has 6 rings (SSSR count). The molecule has 224 valence electrons. The van der Waals surface area contributed by atoms with E-state index in [4.69, 9.17) is 32.9 Å². The Morgan fingerprint density at radius 2 is 1.71 bits per heavy atom. The topological polar surface area (TPSA) is 99.3 Å². The largest absolute Gasteiger partial charge is 0.486 e. The zero-order valence-electron chi connectivity index (χ0n) is 23.1. The highest BCUT2D eigenvalue weighted by molar-refractivity contribution is 6.35. The number of nitrogens with zero attached hydrogens (tertiary/aromatic N) is 5. The third kappa shape index (κ3) is 6.71. The molecule has 42 heavy (non-hydrogen) atoms. The van der Waals surface area contributed by atoms with E-state index in [0.29, 0.717) is 27.3 Å². The number of aromatic nitrogens is 4. The number of piperidine rings is 1. The van der Waals surface area contributed by atoms with Crippen LogP contribution in [0.3, 0.4) is 0 Å². The van der Waals surface area contributed by atoms with Crippen molar-refractivity contribution < 1.29 is 9.53 Å². The van der Waals surface area contributed by atoms with Crippen LogP contribution < -0.4 is 15.0 Å². The lowest BCUT2D eigenvalue weighted by Gasteiger charge is -2.37. The van der Waals surface area contributed by atoms with Crippen LogP contribution in [0.15, 0.2) is 48.9 Å². The molecule has 1 amide bonds. The normalized spacial score (nSPS) is 16.5. The van der Waals surface area contributed by atoms with E-state index in [9.17, 15) is 4.79 Å². The number of anilines is 1. The number of hydrogen-bond donors (Lipinski definition) is 2. The molecule has 2 fully saturated rings. The van der Waals surface area contributed by atoms with Gasteiger partial charge in [0.15, 0.2) is 0 Å². The summed E-state index contributed by atoms with van der Waals surface area (Å²) >= 11 is 12.6. The van der Waals surface area contributed by atoms with Crippen LogP contribution in [0.1, 0.15) is 31.4 Å². The van der Waals surface area contributed by atoms with Crippen LogP contribution in [0.25, 0.3) is 22.2 Å². The molecule has 0 saturated carbocycles. The number of halogens is 4. The summed E-state index contributed by atoms with van der Waals surface area (Å²) in [5.41, 5.74) is 3.29. The summed E-state index contributed by atoms with van der Waals surface area (Å²) < 4.78 is 6.20. The number of nitrogens with one attached hydrogen (secondary N) is 2. The summed E-state index contributed by atoms with van der Waals surface area (Å²) in [6, 6.07) is 9.85. The van der Waals surface area contributed by atoms with Crippen LogP contribution in [0.2, 0.25) is 10.0 Å². The van der Waals surface area contributed by atoms with Gasteiger partial charge < -0.3 is 19.9 Å². The zero-order valence-corrected chi connectivity index (χ0v) is 26.2. The number of benzene rings is 1. The smallest absolute Gasteiger partial charge is 0.225 e. The quantitative estimate of drug-likeness (QED) is 0.265. The van der Waals surface area contributed by atoms with Crippen LogP contribution in [0.5, 0.6) is 5.75 Å². The minimum Gasteiger partial charge on any atom is -0.486 e. The predicted molar refractivity (Wildman–Crippen MR) is 172 cm³/mol. The Hall–Kier alpha value is -2.82. The maximum Gasteiger partial charge on any atom is 0.225 e. The molecule has 2 aliphatic rings. The minimum atomic E-state index is -0.368. The summed E-state index contributed by atoms with van der Waals surface area (Å²) in [6.45, 7) is 6.78. The molecule has 4 aromatic rings. The number of pyridine rings is 2. The number of ether oxygens (including phenoxy) is 1. The van der Waals surface area contributed by atoms with Crippen molar-refractivity contribution in [3.63, 3.8) is 0 Å². The second-order valence-electron chi connectivity index (χ2n) is 10.3. The number of carbonyl (C=O) groups excluding carboxylic acids is 1. The maximum absolute atomic E-state index is 12.9. The fourth-order valence-electron chi connectivity index (χ4n) is 5.56. The Morgan fingerprint density at radius 1 is 1.00 bits per heavy atom. The zero-order chi connectivity index (χ0) is 27.6. The molecule has 3 aromatic heterocycles. The second kappa shape index (κ2) is 14.1. The minimum absolute atomic E-state index is 0. The lowest BCUT2D eigenvalue weighted by atomic mass is 9.96. The third-order valence-electron chi connectivity index (χ3n) is 7.77. The second-order valence-corrected chi connectivity index (χ2v) is 11.1. The van der Waals surface area contributed by atoms with Gasteiger partial charge in [-0.05, 0) is 63.2 Å². The summed E-state index contributed by atoms with van der Waals surface area (Å²) in [5, 5.41) is 12.8. The molecule has 1 aromatic carbocycles. The van der Waals surface area contributed by atoms with Gasteiger partial charge in [-0.1, -0.05) is 23.2 Å². The van der Waals surface area contributed by atoms with E-state index in [-0.39, 0.29) is 36.8 Å². The average molecular weight is 653 g/mol. The molecular weight excluding hydrogens is 620 g/mol. The number of aromatic amines is 1. The van der Waals surface area contributed by atoms with Crippen molar-refractivity contribution in [2.75, 3.05) is 44.2 Å². The summed E-state index contributed by atoms with van der Waals surface area (Å²) in [6.07, 6.45) is 6.47. The van der Waals surface area contributed by atoms with E-state index in [1.54, 1.807) is 12.4 Å². The van der Waals surface area contributed by atoms with Gasteiger partial charge in [0, 0.05) is 67.2 Å². The molecule has 0 bridgehead atoms. The molecule has 1 atom stereocenters. The molecule has 9 nitrogen and oxygen atoms in total. The van der Waals surface area contributed by atoms with Crippen LogP contribution in [0, 0.1) is 5.92 Å². The van der Waals surface area contributed by atoms with Crippen molar-refractivity contribution >= 4 is 70.6 Å². The lowest BCUT2D eigenvalue weighted by Crippen LogP contribution is -2.51. The van der Waals surface area contributed by atoms with E-state index in [1.165, 1.54) is 0 Å². The van der Waals surface area contributed by atoms with Crippen LogP contribution in [0.4, 0.5) is 5.82 Å². The van der Waals surface area contributed by atoms with Gasteiger partial charge in [0.25, 0.3) is 0 Å². The summed E-state index contributed by atoms with van der Waals surface area (Å²) in [5.74, 6) is 2.04. The lowest BCUT2D eigenvalue weighted by molar-refractivity contribution is -0.136. The van der Waals surface area contributed by atoms with E-state index >= 15 is 0 Å². The third-order valence-corrected chi connectivity index (χ3v) is 8.37. The van der Waals surface area contributed by atoms with Crippen molar-refractivity contribution in [3.8, 4) is 17.0 Å². The first-order valence-corrected chi connectivity index (χ1v) is 14.4. The molecule has 13 heteroatoms. The van der Waals surface area contributed by atoms with E-state index in [2.05, 4.69) is 25.4 Å². The average Bonchev–Trinajstić information content (AvgIpc) is 3.41. The number of amides is 1. The fourth-order valence-corrected chi connectivity index (χ4v) is 6.23. The van der Waals surface area contributed by atoms with Gasteiger partial charge >= 0.3 is 0 Å². The fraction of sp³-hybridized carbons (Fsp3) is 0.379. The van der Waals surface area contributed by atoms with Crippen molar-refractivity contribution in [2.45, 2.75) is 25.9 Å². The maximum atomic E-state index is 12.9. The van der Waals surface area contributed by atoms with Crippen molar-refractivity contribution in [1.82, 2.24) is 30.4 Å². The van der Waals surface area contributed by atoms with Crippen molar-refractivity contribution in [2.24, 2.45) is 5.92 Å². The molecule has 0 radical (unpaired) electrons. The number of carbonyl (C=O) groups is 1. The first-order chi connectivity index (χ1) is 19.5. The van der Waals surface area contributed by atoms with Gasteiger partial charge in [-0.3, -0.25) is 14.9 Å². The molecule has 2 N–H and O–H groups in total. The van der Waals surface area contributed by atoms with Gasteiger partial charge in [0.2, 0.25) is 5.91 Å². The number of rotatable bonds is 6. The van der Waals surface area contributed by atoms with Crippen LogP contribution in [-0.2, 0) is 4.79 Å². The van der Waals surface area contributed by atoms with Crippen LogP contribution in [-0.4, -0.2) is 70.2 Å². The van der Waals surface area contributed by atoms with Gasteiger partial charge in [-0.25, -0.2) is 4.98 Å².